The summed E-state index contributed by atoms with van der Waals surface area (Å²) >= 11 is 0. The number of nitrogens with zero attached hydrogens (tertiary/aromatic N) is 1. The number of likely N-dealkylation sites (N-methyl/N-ethyl adjacent to an activating group) is 1. The van der Waals surface area contributed by atoms with E-state index in [-0.39, 0.29) is 24.2 Å². The van der Waals surface area contributed by atoms with Crippen molar-refractivity contribution in [2.45, 2.75) is 50.5 Å². The lowest BCUT2D eigenvalue weighted by molar-refractivity contribution is -0.147. The zero-order valence-corrected chi connectivity index (χ0v) is 8.64. The maximum absolute atomic E-state index is 10.9. The molecule has 2 heterocycles. The SMILES string of the molecule is CC(=O)OC1CC2CC(O)CC1N2C. The molecule has 0 spiro atoms. The first-order valence-electron chi connectivity index (χ1n) is 5.15. The van der Waals surface area contributed by atoms with Crippen LogP contribution in [0.25, 0.3) is 0 Å². The van der Waals surface area contributed by atoms with E-state index >= 15 is 0 Å². The van der Waals surface area contributed by atoms with E-state index in [1.165, 1.54) is 6.92 Å². The predicted octanol–water partition coefficient (Wildman–Crippen LogP) is 0.145. The number of hydrogen-bond acceptors (Lipinski definition) is 4. The van der Waals surface area contributed by atoms with Crippen molar-refractivity contribution in [3.8, 4) is 0 Å². The second-order valence-electron chi connectivity index (χ2n) is 4.40. The Morgan fingerprint density at radius 1 is 1.43 bits per heavy atom. The third kappa shape index (κ3) is 1.64. The van der Waals surface area contributed by atoms with E-state index in [1.54, 1.807) is 0 Å². The normalized spacial score (nSPS) is 42.5. The molecule has 0 radical (unpaired) electrons. The Kier molecular flexibility index (Phi) is 2.49. The molecule has 0 saturated carbocycles. The number of rotatable bonds is 1. The highest BCUT2D eigenvalue weighted by Gasteiger charge is 2.45. The summed E-state index contributed by atoms with van der Waals surface area (Å²) in [5.74, 6) is -0.217. The van der Waals surface area contributed by atoms with E-state index < -0.39 is 0 Å². The largest absolute Gasteiger partial charge is 0.461 e. The molecule has 4 heteroatoms. The lowest BCUT2D eigenvalue weighted by Crippen LogP contribution is -2.44. The first-order chi connectivity index (χ1) is 6.58. The summed E-state index contributed by atoms with van der Waals surface area (Å²) < 4.78 is 5.25. The maximum Gasteiger partial charge on any atom is 0.302 e. The van der Waals surface area contributed by atoms with Crippen molar-refractivity contribution in [3.63, 3.8) is 0 Å². The molecule has 2 aliphatic heterocycles. The van der Waals surface area contributed by atoms with Crippen molar-refractivity contribution in [2.75, 3.05) is 7.05 Å². The molecule has 0 aliphatic carbocycles. The fraction of sp³-hybridized carbons (Fsp3) is 0.900. The van der Waals surface area contributed by atoms with E-state index in [2.05, 4.69) is 4.90 Å². The van der Waals surface area contributed by atoms with Gasteiger partial charge >= 0.3 is 5.97 Å². The standard InChI is InChI=1S/C10H17NO3/c1-6(12)14-10-4-7-3-8(13)5-9(10)11(7)2/h7-10,13H,3-5H2,1-2H3. The Hall–Kier alpha value is -0.610. The number of aliphatic hydroxyl groups excluding tert-OH is 1. The molecule has 1 N–H and O–H groups in total. The van der Waals surface area contributed by atoms with Gasteiger partial charge in [0.15, 0.2) is 0 Å². The van der Waals surface area contributed by atoms with Crippen LogP contribution in [0.15, 0.2) is 0 Å². The van der Waals surface area contributed by atoms with Crippen molar-refractivity contribution in [1.29, 1.82) is 0 Å². The number of carbonyl (C=O) groups excluding carboxylic acids is 1. The second kappa shape index (κ2) is 3.51. The molecular weight excluding hydrogens is 182 g/mol. The smallest absolute Gasteiger partial charge is 0.302 e. The van der Waals surface area contributed by atoms with Gasteiger partial charge in [0.05, 0.1) is 6.10 Å². The summed E-state index contributed by atoms with van der Waals surface area (Å²) in [6.07, 6.45) is 2.18. The van der Waals surface area contributed by atoms with Gasteiger partial charge in [-0.1, -0.05) is 0 Å². The third-order valence-electron chi connectivity index (χ3n) is 3.41. The minimum Gasteiger partial charge on any atom is -0.461 e. The Morgan fingerprint density at radius 3 is 2.79 bits per heavy atom. The molecule has 0 aromatic rings. The van der Waals surface area contributed by atoms with Crippen molar-refractivity contribution in [2.24, 2.45) is 0 Å². The van der Waals surface area contributed by atoms with Gasteiger partial charge < -0.3 is 9.84 Å². The first kappa shape index (κ1) is 9.93. The van der Waals surface area contributed by atoms with Crippen LogP contribution in [-0.4, -0.2) is 47.3 Å². The molecule has 2 aliphatic rings. The number of fused-ring (bicyclic) bond motifs is 2. The van der Waals surface area contributed by atoms with Crippen LogP contribution < -0.4 is 0 Å². The van der Waals surface area contributed by atoms with Crippen LogP contribution >= 0.6 is 0 Å². The molecule has 0 aromatic carbocycles. The number of carbonyl (C=O) groups is 1. The summed E-state index contributed by atoms with van der Waals surface area (Å²) in [6, 6.07) is 0.598. The summed E-state index contributed by atoms with van der Waals surface area (Å²) in [5, 5.41) is 9.59. The fourth-order valence-corrected chi connectivity index (χ4v) is 2.73. The number of hydrogen-bond donors (Lipinski definition) is 1. The van der Waals surface area contributed by atoms with Gasteiger partial charge in [0.25, 0.3) is 0 Å². The average Bonchev–Trinajstić information content (AvgIpc) is 2.30. The zero-order chi connectivity index (χ0) is 10.3. The third-order valence-corrected chi connectivity index (χ3v) is 3.41. The fourth-order valence-electron chi connectivity index (χ4n) is 2.73. The summed E-state index contributed by atoms with van der Waals surface area (Å²) in [4.78, 5) is 13.1. The van der Waals surface area contributed by atoms with Gasteiger partial charge in [0.1, 0.15) is 6.10 Å². The summed E-state index contributed by atoms with van der Waals surface area (Å²) in [5.41, 5.74) is 0. The minimum absolute atomic E-state index is 0.0142. The Balaban J connectivity index is 2.05. The Morgan fingerprint density at radius 2 is 2.14 bits per heavy atom. The molecule has 2 bridgehead atoms. The molecular formula is C10H17NO3. The molecule has 2 rings (SSSR count). The quantitative estimate of drug-likeness (QED) is 0.610. The van der Waals surface area contributed by atoms with Gasteiger partial charge in [-0.3, -0.25) is 9.69 Å². The van der Waals surface area contributed by atoms with E-state index in [4.69, 9.17) is 4.74 Å². The second-order valence-corrected chi connectivity index (χ2v) is 4.40. The summed E-state index contributed by atoms with van der Waals surface area (Å²) in [6.45, 7) is 1.44. The zero-order valence-electron chi connectivity index (χ0n) is 8.64. The molecule has 14 heavy (non-hydrogen) atoms. The van der Waals surface area contributed by atoms with E-state index in [0.29, 0.717) is 6.04 Å². The number of esters is 1. The van der Waals surface area contributed by atoms with Gasteiger partial charge in [0, 0.05) is 25.4 Å². The number of aliphatic hydroxyl groups is 1. The van der Waals surface area contributed by atoms with Crippen LogP contribution in [0.2, 0.25) is 0 Å². The van der Waals surface area contributed by atoms with Gasteiger partial charge in [-0.15, -0.1) is 0 Å². The first-order valence-corrected chi connectivity index (χ1v) is 5.15. The van der Waals surface area contributed by atoms with Crippen molar-refractivity contribution >= 4 is 5.97 Å². The highest BCUT2D eigenvalue weighted by Crippen LogP contribution is 2.36. The monoisotopic (exact) mass is 199 g/mol. The van der Waals surface area contributed by atoms with Gasteiger partial charge in [-0.05, 0) is 19.9 Å². The molecule has 4 unspecified atom stereocenters. The van der Waals surface area contributed by atoms with Crippen LogP contribution in [0.5, 0.6) is 0 Å². The van der Waals surface area contributed by atoms with Crippen molar-refractivity contribution < 1.29 is 14.6 Å². The lowest BCUT2D eigenvalue weighted by atomic mass is 10.0. The van der Waals surface area contributed by atoms with Crippen LogP contribution in [-0.2, 0) is 9.53 Å². The van der Waals surface area contributed by atoms with E-state index in [1.807, 2.05) is 7.05 Å². The van der Waals surface area contributed by atoms with Crippen LogP contribution in [0.3, 0.4) is 0 Å². The number of piperidine rings is 1. The maximum atomic E-state index is 10.9. The highest BCUT2D eigenvalue weighted by molar-refractivity contribution is 5.66. The molecule has 0 amide bonds. The minimum atomic E-state index is -0.221. The van der Waals surface area contributed by atoms with Gasteiger partial charge in [0.2, 0.25) is 0 Å². The van der Waals surface area contributed by atoms with Crippen LogP contribution in [0.4, 0.5) is 0 Å². The van der Waals surface area contributed by atoms with Crippen LogP contribution in [0.1, 0.15) is 26.2 Å². The molecule has 4 nitrogen and oxygen atoms in total. The summed E-state index contributed by atoms with van der Waals surface area (Å²) in [7, 11) is 2.05. The molecule has 4 atom stereocenters. The Bertz CT molecular complexity index is 244. The molecule has 0 aromatic heterocycles. The van der Waals surface area contributed by atoms with Crippen molar-refractivity contribution in [1.82, 2.24) is 4.90 Å². The molecule has 2 saturated heterocycles. The predicted molar refractivity (Wildman–Crippen MR) is 50.8 cm³/mol. The number of ether oxygens (including phenoxy) is 1. The van der Waals surface area contributed by atoms with E-state index in [0.717, 1.165) is 19.3 Å². The Labute approximate surface area is 83.8 Å². The van der Waals surface area contributed by atoms with Gasteiger partial charge in [-0.2, -0.15) is 0 Å². The molecule has 80 valence electrons. The topological polar surface area (TPSA) is 49.8 Å². The lowest BCUT2D eigenvalue weighted by Gasteiger charge is -2.34. The van der Waals surface area contributed by atoms with Crippen molar-refractivity contribution in [3.05, 3.63) is 0 Å². The van der Waals surface area contributed by atoms with Crippen LogP contribution in [0, 0.1) is 0 Å². The average molecular weight is 199 g/mol. The van der Waals surface area contributed by atoms with Gasteiger partial charge in [-0.25, -0.2) is 0 Å². The molecule has 2 fully saturated rings. The highest BCUT2D eigenvalue weighted by atomic mass is 16.5. The van der Waals surface area contributed by atoms with E-state index in [9.17, 15) is 9.90 Å².